The highest BCUT2D eigenvalue weighted by Gasteiger charge is 2.29. The summed E-state index contributed by atoms with van der Waals surface area (Å²) in [5.74, 6) is 4.68. The van der Waals surface area contributed by atoms with Crippen molar-refractivity contribution in [3.8, 4) is 11.1 Å². The van der Waals surface area contributed by atoms with E-state index in [1.165, 1.54) is 102 Å². The SMILES string of the molecule is C/C=C(/F)CF.C=C/C=C/C1CCC(C2CCC(C)CC2)CC1.CC1CCCC(c2ccc(-c3ccc(F)c(P)c3)cc2)CC1. The van der Waals surface area contributed by atoms with Gasteiger partial charge in [-0.1, -0.05) is 107 Å². The summed E-state index contributed by atoms with van der Waals surface area (Å²) in [5.41, 5.74) is 3.70. The summed E-state index contributed by atoms with van der Waals surface area (Å²) in [4.78, 5) is 0. The van der Waals surface area contributed by atoms with Gasteiger partial charge in [-0.2, -0.15) is 0 Å². The third kappa shape index (κ3) is 12.9. The van der Waals surface area contributed by atoms with E-state index in [0.717, 1.165) is 46.8 Å². The summed E-state index contributed by atoms with van der Waals surface area (Å²) >= 11 is 0. The van der Waals surface area contributed by atoms with Crippen molar-refractivity contribution in [2.45, 2.75) is 110 Å². The van der Waals surface area contributed by atoms with E-state index in [-0.39, 0.29) is 5.82 Å². The smallest absolute Gasteiger partial charge is 0.141 e. The van der Waals surface area contributed by atoms with Gasteiger partial charge in [-0.15, -0.1) is 9.24 Å². The molecule has 0 heterocycles. The fourth-order valence-corrected chi connectivity index (χ4v) is 7.65. The molecule has 3 saturated carbocycles. The number of allylic oxidation sites excluding steroid dienone is 5. The lowest BCUT2D eigenvalue weighted by Crippen LogP contribution is -2.24. The fraction of sp³-hybridized carbons (Fsp3) is 0.561. The van der Waals surface area contributed by atoms with Crippen LogP contribution in [0.4, 0.5) is 13.2 Å². The van der Waals surface area contributed by atoms with Crippen molar-refractivity contribution in [3.05, 3.63) is 90.6 Å². The van der Waals surface area contributed by atoms with Crippen LogP contribution in [0.2, 0.25) is 0 Å². The minimum Gasteiger partial charge on any atom is -0.243 e. The van der Waals surface area contributed by atoms with Gasteiger partial charge >= 0.3 is 0 Å². The van der Waals surface area contributed by atoms with Gasteiger partial charge in [0.25, 0.3) is 0 Å². The first kappa shape index (κ1) is 37.3. The molecule has 0 nitrogen and oxygen atoms in total. The van der Waals surface area contributed by atoms with Gasteiger partial charge in [0.2, 0.25) is 0 Å². The Labute approximate surface area is 275 Å². The van der Waals surface area contributed by atoms with Gasteiger partial charge in [-0.3, -0.25) is 0 Å². The molecule has 0 amide bonds. The maximum atomic E-state index is 13.4. The maximum absolute atomic E-state index is 13.4. The van der Waals surface area contributed by atoms with Gasteiger partial charge in [-0.05, 0) is 123 Å². The van der Waals surface area contributed by atoms with Crippen LogP contribution in [0.25, 0.3) is 11.1 Å². The molecular formula is C41H58F3P. The van der Waals surface area contributed by atoms with E-state index < -0.39 is 12.5 Å². The third-order valence-electron chi connectivity index (χ3n) is 10.5. The topological polar surface area (TPSA) is 0 Å². The summed E-state index contributed by atoms with van der Waals surface area (Å²) in [6, 6.07) is 14.2. The standard InChI is InChI=1S/C20H24FP.C17H28.C4H6F2/c1-14-3-2-4-15(6-5-14)16-7-9-17(10-8-16)18-11-12-19(21)20(22)13-18;1-3-4-5-15-8-12-17(13-9-15)16-10-6-14(2)7-11-16;1-2-4(6)3-5/h7-15H,2-6,22H2,1H3;3-5,14-17H,1,6-13H2,2H3;2H,3H2,1H3/b;5-4+;4-2+. The van der Waals surface area contributed by atoms with Gasteiger partial charge < -0.3 is 0 Å². The molecule has 0 N–H and O–H groups in total. The lowest BCUT2D eigenvalue weighted by atomic mass is 9.69. The summed E-state index contributed by atoms with van der Waals surface area (Å²) in [6.07, 6.45) is 26.0. The highest BCUT2D eigenvalue weighted by Crippen LogP contribution is 2.41. The van der Waals surface area contributed by atoms with E-state index in [1.54, 1.807) is 0 Å². The average Bonchev–Trinajstić information content (AvgIpc) is 3.30. The molecule has 4 heteroatoms. The summed E-state index contributed by atoms with van der Waals surface area (Å²) in [7, 11) is 2.46. The molecule has 0 bridgehead atoms. The highest BCUT2D eigenvalue weighted by atomic mass is 31.0. The first-order valence-electron chi connectivity index (χ1n) is 17.5. The molecule has 3 atom stereocenters. The van der Waals surface area contributed by atoms with Crippen LogP contribution in [0.5, 0.6) is 0 Å². The normalized spacial score (nSPS) is 27.4. The van der Waals surface area contributed by atoms with E-state index in [0.29, 0.717) is 11.2 Å². The lowest BCUT2D eigenvalue weighted by molar-refractivity contribution is 0.160. The van der Waals surface area contributed by atoms with Crippen LogP contribution in [-0.4, -0.2) is 6.67 Å². The Kier molecular flexibility index (Phi) is 16.8. The highest BCUT2D eigenvalue weighted by molar-refractivity contribution is 7.27. The van der Waals surface area contributed by atoms with Crippen molar-refractivity contribution < 1.29 is 13.2 Å². The van der Waals surface area contributed by atoms with E-state index in [9.17, 15) is 13.2 Å². The fourth-order valence-electron chi connectivity index (χ4n) is 7.37. The Balaban J connectivity index is 0.000000213. The molecule has 0 aromatic heterocycles. The quantitative estimate of drug-likeness (QED) is 0.168. The Hall–Kier alpha value is -2.12. The minimum atomic E-state index is -0.976. The molecular weight excluding hydrogens is 580 g/mol. The Morgan fingerprint density at radius 1 is 0.800 bits per heavy atom. The average molecular weight is 639 g/mol. The van der Waals surface area contributed by atoms with E-state index in [2.05, 4.69) is 66.1 Å². The zero-order chi connectivity index (χ0) is 32.6. The maximum Gasteiger partial charge on any atom is 0.141 e. The second-order valence-corrected chi connectivity index (χ2v) is 14.5. The molecule has 0 saturated heterocycles. The number of hydrogen-bond acceptors (Lipinski definition) is 0. The van der Waals surface area contributed by atoms with Crippen LogP contribution < -0.4 is 5.30 Å². The molecule has 45 heavy (non-hydrogen) atoms. The third-order valence-corrected chi connectivity index (χ3v) is 10.9. The molecule has 0 spiro atoms. The molecule has 2 aromatic carbocycles. The number of halogens is 3. The number of hydrogen-bond donors (Lipinski definition) is 0. The van der Waals surface area contributed by atoms with Crippen molar-refractivity contribution in [1.29, 1.82) is 0 Å². The molecule has 2 aromatic rings. The molecule has 3 unspecified atom stereocenters. The van der Waals surface area contributed by atoms with Crippen LogP contribution >= 0.6 is 9.24 Å². The van der Waals surface area contributed by atoms with Crippen molar-refractivity contribution in [2.24, 2.45) is 29.6 Å². The van der Waals surface area contributed by atoms with Gasteiger partial charge in [-0.25, -0.2) is 13.2 Å². The molecule has 0 aliphatic heterocycles. The van der Waals surface area contributed by atoms with Crippen LogP contribution in [0, 0.1) is 35.4 Å². The number of rotatable bonds is 6. The number of alkyl halides is 1. The minimum absolute atomic E-state index is 0.169. The molecule has 3 aliphatic carbocycles. The summed E-state index contributed by atoms with van der Waals surface area (Å²) in [5, 5.41) is 0.624. The number of benzene rings is 2. The molecule has 5 rings (SSSR count). The monoisotopic (exact) mass is 638 g/mol. The predicted molar refractivity (Wildman–Crippen MR) is 193 cm³/mol. The van der Waals surface area contributed by atoms with Crippen LogP contribution in [0.15, 0.2) is 79.2 Å². The predicted octanol–water partition coefficient (Wildman–Crippen LogP) is 12.9. The van der Waals surface area contributed by atoms with Crippen molar-refractivity contribution >= 4 is 14.5 Å². The van der Waals surface area contributed by atoms with Crippen molar-refractivity contribution in [2.75, 3.05) is 6.67 Å². The largest absolute Gasteiger partial charge is 0.243 e. The Morgan fingerprint density at radius 3 is 1.93 bits per heavy atom. The summed E-state index contributed by atoms with van der Waals surface area (Å²) in [6.45, 7) is 9.03. The Bertz CT molecular complexity index is 1180. The molecule has 3 aliphatic rings. The summed E-state index contributed by atoms with van der Waals surface area (Å²) < 4.78 is 35.7. The van der Waals surface area contributed by atoms with Gasteiger partial charge in [0.15, 0.2) is 0 Å². The van der Waals surface area contributed by atoms with Gasteiger partial charge in [0.05, 0.1) is 0 Å². The lowest BCUT2D eigenvalue weighted by Gasteiger charge is -2.36. The first-order valence-corrected chi connectivity index (χ1v) is 18.1. The van der Waals surface area contributed by atoms with Crippen LogP contribution in [0.3, 0.4) is 0 Å². The molecule has 248 valence electrons. The second kappa shape index (κ2) is 20.2. The molecule has 0 radical (unpaired) electrons. The van der Waals surface area contributed by atoms with Crippen molar-refractivity contribution in [1.82, 2.24) is 0 Å². The van der Waals surface area contributed by atoms with E-state index in [1.807, 2.05) is 18.2 Å². The Morgan fingerprint density at radius 2 is 1.38 bits per heavy atom. The van der Waals surface area contributed by atoms with E-state index >= 15 is 0 Å². The van der Waals surface area contributed by atoms with Crippen LogP contribution in [0.1, 0.15) is 116 Å². The van der Waals surface area contributed by atoms with Crippen LogP contribution in [-0.2, 0) is 0 Å². The van der Waals surface area contributed by atoms with E-state index in [4.69, 9.17) is 0 Å². The molecule has 3 fully saturated rings. The zero-order valence-electron chi connectivity index (χ0n) is 28.1. The first-order chi connectivity index (χ1) is 21.7. The second-order valence-electron chi connectivity index (χ2n) is 13.9. The van der Waals surface area contributed by atoms with Gasteiger partial charge in [0, 0.05) is 5.30 Å². The van der Waals surface area contributed by atoms with Gasteiger partial charge in [0.1, 0.15) is 18.3 Å². The zero-order valence-corrected chi connectivity index (χ0v) is 29.3. The van der Waals surface area contributed by atoms with Crippen molar-refractivity contribution in [3.63, 3.8) is 0 Å².